The van der Waals surface area contributed by atoms with Crippen molar-refractivity contribution < 1.29 is 24.3 Å². The maximum absolute atomic E-state index is 13.2. The van der Waals surface area contributed by atoms with Crippen molar-refractivity contribution in [3.05, 3.63) is 54.1 Å². The molecule has 3 amide bonds. The Balaban J connectivity index is 2.21. The lowest BCUT2D eigenvalue weighted by molar-refractivity contribution is -0.142. The molecule has 0 radical (unpaired) electrons. The number of amides is 3. The Kier molecular flexibility index (Phi) is 12.3. The minimum absolute atomic E-state index is 0.0128. The van der Waals surface area contributed by atoms with Crippen molar-refractivity contribution >= 4 is 48.1 Å². The van der Waals surface area contributed by atoms with Gasteiger partial charge in [-0.15, -0.1) is 0 Å². The normalized spacial score (nSPS) is 14.2. The zero-order valence-corrected chi connectivity index (χ0v) is 21.6. The zero-order valence-electron chi connectivity index (χ0n) is 19.8. The van der Waals surface area contributed by atoms with Crippen LogP contribution < -0.4 is 21.7 Å². The molecule has 0 spiro atoms. The molecule has 4 atom stereocenters. The number of carboxylic acids is 1. The molecular formula is C23H32N6O5S2. The topological polar surface area (TPSA) is 179 Å². The van der Waals surface area contributed by atoms with E-state index in [-0.39, 0.29) is 18.6 Å². The minimum atomic E-state index is -1.24. The highest BCUT2D eigenvalue weighted by Crippen LogP contribution is 2.08. The largest absolute Gasteiger partial charge is 0.480 e. The summed E-state index contributed by atoms with van der Waals surface area (Å²) in [6.07, 6.45) is 5.18. The number of nitrogens with two attached hydrogens (primary N) is 1. The first-order chi connectivity index (χ1) is 17.2. The molecule has 0 aliphatic rings. The highest BCUT2D eigenvalue weighted by molar-refractivity contribution is 7.98. The Morgan fingerprint density at radius 3 is 2.25 bits per heavy atom. The SMILES string of the molecule is CSCCC(NC(=O)C(N)CS)C(=O)NC(Cc1ccccc1)C(=O)NC(Cc1cnc[nH]1)C(=O)O. The number of carbonyl (C=O) groups excluding carboxylic acids is 3. The molecule has 11 nitrogen and oxygen atoms in total. The van der Waals surface area contributed by atoms with Crippen molar-refractivity contribution in [2.24, 2.45) is 5.73 Å². The van der Waals surface area contributed by atoms with Gasteiger partial charge >= 0.3 is 5.97 Å². The number of carbonyl (C=O) groups is 4. The average molecular weight is 537 g/mol. The number of thioether (sulfide) groups is 1. The first kappa shape index (κ1) is 29.2. The molecule has 0 saturated carbocycles. The van der Waals surface area contributed by atoms with E-state index in [1.54, 1.807) is 24.3 Å². The summed E-state index contributed by atoms with van der Waals surface area (Å²) in [5, 5.41) is 17.5. The fraction of sp³-hybridized carbons (Fsp3) is 0.435. The molecular weight excluding hydrogens is 504 g/mol. The van der Waals surface area contributed by atoms with Crippen LogP contribution in [0.4, 0.5) is 0 Å². The maximum atomic E-state index is 13.2. The number of benzene rings is 1. The van der Waals surface area contributed by atoms with E-state index in [0.717, 1.165) is 5.56 Å². The van der Waals surface area contributed by atoms with E-state index in [1.165, 1.54) is 24.3 Å². The molecule has 0 saturated heterocycles. The number of hydrogen-bond donors (Lipinski definition) is 7. The summed E-state index contributed by atoms with van der Waals surface area (Å²) in [4.78, 5) is 57.2. The first-order valence-electron chi connectivity index (χ1n) is 11.3. The number of H-pyrrole nitrogens is 1. The van der Waals surface area contributed by atoms with Gasteiger partial charge in [0.15, 0.2) is 0 Å². The number of hydrogen-bond acceptors (Lipinski definition) is 8. The lowest BCUT2D eigenvalue weighted by Crippen LogP contribution is -2.58. The molecule has 36 heavy (non-hydrogen) atoms. The number of aromatic nitrogens is 2. The number of imidazole rings is 1. The van der Waals surface area contributed by atoms with Crippen LogP contribution in [0.2, 0.25) is 0 Å². The van der Waals surface area contributed by atoms with Crippen molar-refractivity contribution in [2.75, 3.05) is 17.8 Å². The van der Waals surface area contributed by atoms with Gasteiger partial charge in [-0.25, -0.2) is 9.78 Å². The lowest BCUT2D eigenvalue weighted by atomic mass is 10.0. The van der Waals surface area contributed by atoms with Crippen molar-refractivity contribution in [3.8, 4) is 0 Å². The van der Waals surface area contributed by atoms with E-state index < -0.39 is 47.9 Å². The summed E-state index contributed by atoms with van der Waals surface area (Å²) in [5.41, 5.74) is 7.03. The molecule has 1 aromatic heterocycles. The van der Waals surface area contributed by atoms with E-state index in [0.29, 0.717) is 17.9 Å². The van der Waals surface area contributed by atoms with Gasteiger partial charge in [-0.3, -0.25) is 14.4 Å². The van der Waals surface area contributed by atoms with E-state index in [9.17, 15) is 24.3 Å². The number of rotatable bonds is 15. The molecule has 0 fully saturated rings. The molecule has 0 aliphatic carbocycles. The molecule has 1 heterocycles. The van der Waals surface area contributed by atoms with Crippen LogP contribution in [0.3, 0.4) is 0 Å². The predicted molar refractivity (Wildman–Crippen MR) is 141 cm³/mol. The maximum Gasteiger partial charge on any atom is 0.326 e. The van der Waals surface area contributed by atoms with Crippen LogP contribution in [0.15, 0.2) is 42.9 Å². The van der Waals surface area contributed by atoms with Gasteiger partial charge in [-0.1, -0.05) is 30.3 Å². The third kappa shape index (κ3) is 9.55. The van der Waals surface area contributed by atoms with Crippen molar-refractivity contribution in [1.82, 2.24) is 25.9 Å². The van der Waals surface area contributed by atoms with Crippen molar-refractivity contribution in [2.45, 2.75) is 43.4 Å². The molecule has 1 aromatic carbocycles. The number of thiol groups is 1. The Labute approximate surface area is 219 Å². The summed E-state index contributed by atoms with van der Waals surface area (Å²) in [6, 6.07) is 4.86. The second-order valence-corrected chi connectivity index (χ2v) is 9.41. The zero-order chi connectivity index (χ0) is 26.5. The third-order valence-electron chi connectivity index (χ3n) is 5.29. The van der Waals surface area contributed by atoms with E-state index in [1.807, 2.05) is 12.3 Å². The Hall–Kier alpha value is -3.03. The van der Waals surface area contributed by atoms with Gasteiger partial charge in [0.05, 0.1) is 12.4 Å². The summed E-state index contributed by atoms with van der Waals surface area (Å²) >= 11 is 5.52. The molecule has 0 bridgehead atoms. The smallest absolute Gasteiger partial charge is 0.326 e. The monoisotopic (exact) mass is 536 g/mol. The van der Waals surface area contributed by atoms with Gasteiger partial charge in [0.2, 0.25) is 17.7 Å². The van der Waals surface area contributed by atoms with Crippen LogP contribution in [0, 0.1) is 0 Å². The first-order valence-corrected chi connectivity index (χ1v) is 13.3. The molecule has 2 aromatic rings. The third-order valence-corrected chi connectivity index (χ3v) is 6.32. The van der Waals surface area contributed by atoms with Gasteiger partial charge in [0.25, 0.3) is 0 Å². The Morgan fingerprint density at radius 2 is 1.67 bits per heavy atom. The molecule has 13 heteroatoms. The van der Waals surface area contributed by atoms with Gasteiger partial charge in [0, 0.05) is 30.5 Å². The van der Waals surface area contributed by atoms with Crippen LogP contribution in [0.25, 0.3) is 0 Å². The van der Waals surface area contributed by atoms with Crippen LogP contribution in [0.1, 0.15) is 17.7 Å². The van der Waals surface area contributed by atoms with Gasteiger partial charge in [-0.05, 0) is 24.0 Å². The Bertz CT molecular complexity index is 992. The van der Waals surface area contributed by atoms with Gasteiger partial charge in [0.1, 0.15) is 18.1 Å². The Morgan fingerprint density at radius 1 is 1.03 bits per heavy atom. The number of aliphatic carboxylic acids is 1. The highest BCUT2D eigenvalue weighted by atomic mass is 32.2. The predicted octanol–water partition coefficient (Wildman–Crippen LogP) is -0.256. The quantitative estimate of drug-likeness (QED) is 0.152. The second kappa shape index (κ2) is 15.2. The van der Waals surface area contributed by atoms with Crippen LogP contribution in [-0.2, 0) is 32.0 Å². The number of nitrogens with zero attached hydrogens (tertiary/aromatic N) is 1. The van der Waals surface area contributed by atoms with Crippen molar-refractivity contribution in [3.63, 3.8) is 0 Å². The summed E-state index contributed by atoms with van der Waals surface area (Å²) in [7, 11) is 0. The minimum Gasteiger partial charge on any atom is -0.480 e. The fourth-order valence-corrected chi connectivity index (χ4v) is 3.92. The number of nitrogens with one attached hydrogen (secondary N) is 4. The lowest BCUT2D eigenvalue weighted by Gasteiger charge is -2.25. The van der Waals surface area contributed by atoms with E-state index in [4.69, 9.17) is 5.73 Å². The molecule has 7 N–H and O–H groups in total. The summed E-state index contributed by atoms with van der Waals surface area (Å²) in [5.74, 6) is -2.31. The van der Waals surface area contributed by atoms with Crippen LogP contribution >= 0.6 is 24.4 Å². The van der Waals surface area contributed by atoms with Gasteiger partial charge < -0.3 is 31.8 Å². The number of carboxylic acid groups (broad SMARTS) is 1. The number of aromatic amines is 1. The van der Waals surface area contributed by atoms with Crippen LogP contribution in [-0.4, -0.2) is 80.7 Å². The van der Waals surface area contributed by atoms with E-state index >= 15 is 0 Å². The molecule has 0 aliphatic heterocycles. The van der Waals surface area contributed by atoms with Crippen LogP contribution in [0.5, 0.6) is 0 Å². The standard InChI is InChI=1S/C23H32N6O5S2/c1-36-8-7-17(27-20(30)16(24)12-35)21(31)28-18(9-14-5-3-2-4-6-14)22(32)29-19(23(33)34)10-15-11-25-13-26-15/h2-6,11,13,16-19,35H,7-10,12,24H2,1H3,(H,25,26)(H,27,30)(H,28,31)(H,29,32)(H,33,34). The van der Waals surface area contributed by atoms with E-state index in [2.05, 4.69) is 38.5 Å². The second-order valence-electron chi connectivity index (χ2n) is 8.06. The van der Waals surface area contributed by atoms with Gasteiger partial charge in [-0.2, -0.15) is 24.4 Å². The summed E-state index contributed by atoms with van der Waals surface area (Å²) < 4.78 is 0. The molecule has 2 rings (SSSR count). The highest BCUT2D eigenvalue weighted by Gasteiger charge is 2.30. The average Bonchev–Trinajstić information content (AvgIpc) is 3.38. The summed E-state index contributed by atoms with van der Waals surface area (Å²) in [6.45, 7) is 0. The molecule has 196 valence electrons. The fourth-order valence-electron chi connectivity index (χ4n) is 3.29. The molecule has 4 unspecified atom stereocenters. The van der Waals surface area contributed by atoms with Crippen molar-refractivity contribution in [1.29, 1.82) is 0 Å².